The van der Waals surface area contributed by atoms with Crippen molar-refractivity contribution >= 4 is 11.6 Å². The number of methoxy groups -OCH3 is 1. The summed E-state index contributed by atoms with van der Waals surface area (Å²) in [7, 11) is 1.66. The van der Waals surface area contributed by atoms with Gasteiger partial charge >= 0.3 is 0 Å². The average Bonchev–Trinajstić information content (AvgIpc) is 2.66. The number of aryl methyl sites for hydroxylation is 2. The molecule has 0 heterocycles. The van der Waals surface area contributed by atoms with Crippen LogP contribution in [-0.2, 0) is 29.0 Å². The van der Waals surface area contributed by atoms with Gasteiger partial charge in [0.25, 0.3) is 5.91 Å². The van der Waals surface area contributed by atoms with Crippen LogP contribution in [0.25, 0.3) is 0 Å². The van der Waals surface area contributed by atoms with Gasteiger partial charge in [-0.25, -0.2) is 0 Å². The molecule has 1 unspecified atom stereocenters. The first-order valence-corrected chi connectivity index (χ1v) is 9.36. The minimum Gasteiger partial charge on any atom is -0.481 e. The van der Waals surface area contributed by atoms with E-state index >= 15 is 0 Å². The average molecular weight is 353 g/mol. The SMILES string of the molecule is CCC(Oc1ccc2c(c1)CCCC2)C(=O)Nc1cccc(COC)c1. The standard InChI is InChI=1S/C22H27NO3/c1-3-21(22(24)23-19-10-6-7-16(13-19)15-25-2)26-20-12-11-17-8-4-5-9-18(17)14-20/h6-7,10-14,21H,3-5,8-9,15H2,1-2H3,(H,23,24). The van der Waals surface area contributed by atoms with Crippen LogP contribution < -0.4 is 10.1 Å². The number of fused-ring (bicyclic) bond motifs is 1. The fourth-order valence-corrected chi connectivity index (χ4v) is 3.40. The fraction of sp³-hybridized carbons (Fsp3) is 0.409. The molecular formula is C22H27NO3. The molecule has 4 heteroatoms. The molecule has 0 fully saturated rings. The molecule has 1 aliphatic rings. The van der Waals surface area contributed by atoms with Gasteiger partial charge in [0.1, 0.15) is 5.75 Å². The number of ether oxygens (including phenoxy) is 2. The molecule has 0 radical (unpaired) electrons. The van der Waals surface area contributed by atoms with Gasteiger partial charge < -0.3 is 14.8 Å². The second kappa shape index (κ2) is 8.86. The maximum absolute atomic E-state index is 12.6. The molecule has 0 aromatic heterocycles. The van der Waals surface area contributed by atoms with E-state index in [1.807, 2.05) is 37.3 Å². The molecule has 0 spiro atoms. The van der Waals surface area contributed by atoms with Crippen molar-refractivity contribution in [1.82, 2.24) is 0 Å². The molecule has 3 rings (SSSR count). The van der Waals surface area contributed by atoms with Crippen molar-refractivity contribution in [3.05, 3.63) is 59.2 Å². The summed E-state index contributed by atoms with van der Waals surface area (Å²) in [4.78, 5) is 12.6. The third-order valence-corrected chi connectivity index (χ3v) is 4.77. The van der Waals surface area contributed by atoms with Crippen molar-refractivity contribution in [2.24, 2.45) is 0 Å². The zero-order valence-electron chi connectivity index (χ0n) is 15.6. The van der Waals surface area contributed by atoms with Gasteiger partial charge in [-0.1, -0.05) is 25.1 Å². The van der Waals surface area contributed by atoms with Crippen molar-refractivity contribution < 1.29 is 14.3 Å². The third-order valence-electron chi connectivity index (χ3n) is 4.77. The molecule has 26 heavy (non-hydrogen) atoms. The highest BCUT2D eigenvalue weighted by Crippen LogP contribution is 2.26. The first kappa shape index (κ1) is 18.5. The summed E-state index contributed by atoms with van der Waals surface area (Å²) in [5, 5.41) is 2.95. The summed E-state index contributed by atoms with van der Waals surface area (Å²) in [6.07, 6.45) is 4.83. The highest BCUT2D eigenvalue weighted by atomic mass is 16.5. The maximum atomic E-state index is 12.6. The number of amides is 1. The summed E-state index contributed by atoms with van der Waals surface area (Å²) in [5.41, 5.74) is 4.55. The highest BCUT2D eigenvalue weighted by Gasteiger charge is 2.19. The van der Waals surface area contributed by atoms with E-state index < -0.39 is 6.10 Å². The maximum Gasteiger partial charge on any atom is 0.265 e. The molecule has 2 aromatic carbocycles. The van der Waals surface area contributed by atoms with E-state index in [-0.39, 0.29) is 5.91 Å². The molecular weight excluding hydrogens is 326 g/mol. The van der Waals surface area contributed by atoms with Crippen LogP contribution in [0.5, 0.6) is 5.75 Å². The van der Waals surface area contributed by atoms with Crippen molar-refractivity contribution in [3.63, 3.8) is 0 Å². The Morgan fingerprint density at radius 2 is 1.92 bits per heavy atom. The van der Waals surface area contributed by atoms with Gasteiger partial charge in [0.2, 0.25) is 0 Å². The van der Waals surface area contributed by atoms with Crippen LogP contribution in [0, 0.1) is 0 Å². The first-order chi connectivity index (χ1) is 12.7. The largest absolute Gasteiger partial charge is 0.481 e. The van der Waals surface area contributed by atoms with E-state index in [9.17, 15) is 4.79 Å². The number of rotatable bonds is 7. The molecule has 1 atom stereocenters. The number of carbonyl (C=O) groups excluding carboxylic acids is 1. The second-order valence-electron chi connectivity index (χ2n) is 6.78. The van der Waals surface area contributed by atoms with Gasteiger partial charge in [-0.05, 0) is 73.1 Å². The Morgan fingerprint density at radius 1 is 1.12 bits per heavy atom. The van der Waals surface area contributed by atoms with Gasteiger partial charge in [0.05, 0.1) is 6.61 Å². The number of carbonyl (C=O) groups is 1. The highest BCUT2D eigenvalue weighted by molar-refractivity contribution is 5.94. The van der Waals surface area contributed by atoms with Gasteiger partial charge in [0, 0.05) is 12.8 Å². The number of hydrogen-bond acceptors (Lipinski definition) is 3. The van der Waals surface area contributed by atoms with Crippen molar-refractivity contribution in [3.8, 4) is 5.75 Å². The van der Waals surface area contributed by atoms with E-state index in [0.717, 1.165) is 29.8 Å². The first-order valence-electron chi connectivity index (χ1n) is 9.36. The molecule has 0 bridgehead atoms. The zero-order valence-corrected chi connectivity index (χ0v) is 15.6. The monoisotopic (exact) mass is 353 g/mol. The normalized spacial score (nSPS) is 14.4. The summed E-state index contributed by atoms with van der Waals surface area (Å²) >= 11 is 0. The van der Waals surface area contributed by atoms with E-state index in [1.165, 1.54) is 24.0 Å². The smallest absolute Gasteiger partial charge is 0.265 e. The second-order valence-corrected chi connectivity index (χ2v) is 6.78. The van der Waals surface area contributed by atoms with Crippen LogP contribution in [0.15, 0.2) is 42.5 Å². The van der Waals surface area contributed by atoms with Crippen LogP contribution in [0.3, 0.4) is 0 Å². The molecule has 2 aromatic rings. The Labute approximate surface area is 155 Å². The van der Waals surface area contributed by atoms with Crippen LogP contribution in [0.2, 0.25) is 0 Å². The van der Waals surface area contributed by atoms with E-state index in [1.54, 1.807) is 7.11 Å². The van der Waals surface area contributed by atoms with Gasteiger partial charge in [0.15, 0.2) is 6.10 Å². The molecule has 0 saturated carbocycles. The molecule has 138 valence electrons. The Hall–Kier alpha value is -2.33. The Kier molecular flexibility index (Phi) is 6.29. The lowest BCUT2D eigenvalue weighted by atomic mass is 9.92. The van der Waals surface area contributed by atoms with E-state index in [4.69, 9.17) is 9.47 Å². The Morgan fingerprint density at radius 3 is 2.69 bits per heavy atom. The summed E-state index contributed by atoms with van der Waals surface area (Å²) < 4.78 is 11.1. The minimum absolute atomic E-state index is 0.125. The number of hydrogen-bond donors (Lipinski definition) is 1. The molecule has 0 saturated heterocycles. The predicted molar refractivity (Wildman–Crippen MR) is 104 cm³/mol. The zero-order chi connectivity index (χ0) is 18.4. The van der Waals surface area contributed by atoms with Gasteiger partial charge in [-0.15, -0.1) is 0 Å². The summed E-state index contributed by atoms with van der Waals surface area (Å²) in [5.74, 6) is 0.653. The fourth-order valence-electron chi connectivity index (χ4n) is 3.40. The number of nitrogens with one attached hydrogen (secondary N) is 1. The molecule has 1 N–H and O–H groups in total. The van der Waals surface area contributed by atoms with Crippen LogP contribution in [0.4, 0.5) is 5.69 Å². The Balaban J connectivity index is 1.66. The van der Waals surface area contributed by atoms with Gasteiger partial charge in [-0.2, -0.15) is 0 Å². The molecule has 0 aliphatic heterocycles. The molecule has 4 nitrogen and oxygen atoms in total. The lowest BCUT2D eigenvalue weighted by Crippen LogP contribution is -2.32. The molecule has 1 amide bonds. The Bertz CT molecular complexity index is 757. The van der Waals surface area contributed by atoms with Crippen molar-refractivity contribution in [2.75, 3.05) is 12.4 Å². The van der Waals surface area contributed by atoms with E-state index in [0.29, 0.717) is 13.0 Å². The van der Waals surface area contributed by atoms with E-state index in [2.05, 4.69) is 17.4 Å². The minimum atomic E-state index is -0.511. The van der Waals surface area contributed by atoms with Crippen molar-refractivity contribution in [1.29, 1.82) is 0 Å². The van der Waals surface area contributed by atoms with Crippen LogP contribution >= 0.6 is 0 Å². The topological polar surface area (TPSA) is 47.6 Å². The van der Waals surface area contributed by atoms with Crippen molar-refractivity contribution in [2.45, 2.75) is 51.7 Å². The number of benzene rings is 2. The lowest BCUT2D eigenvalue weighted by molar-refractivity contribution is -0.122. The molecule has 1 aliphatic carbocycles. The lowest BCUT2D eigenvalue weighted by Gasteiger charge is -2.20. The summed E-state index contributed by atoms with van der Waals surface area (Å²) in [6, 6.07) is 13.9. The number of anilines is 1. The van der Waals surface area contributed by atoms with Gasteiger partial charge in [-0.3, -0.25) is 4.79 Å². The third kappa shape index (κ3) is 4.64. The van der Waals surface area contributed by atoms with Crippen LogP contribution in [0.1, 0.15) is 42.9 Å². The predicted octanol–water partition coefficient (Wildman–Crippen LogP) is 4.51. The quantitative estimate of drug-likeness (QED) is 0.797. The summed E-state index contributed by atoms with van der Waals surface area (Å²) in [6.45, 7) is 2.48. The van der Waals surface area contributed by atoms with Crippen LogP contribution in [-0.4, -0.2) is 19.1 Å².